The minimum absolute atomic E-state index is 0.192. The van der Waals surface area contributed by atoms with Gasteiger partial charge in [-0.05, 0) is 49.6 Å². The second-order valence-electron chi connectivity index (χ2n) is 7.68. The summed E-state index contributed by atoms with van der Waals surface area (Å²) in [6, 6.07) is 7.52. The third-order valence-corrected chi connectivity index (χ3v) is 5.85. The average Bonchev–Trinajstić information content (AvgIpc) is 2.69. The normalized spacial score (nSPS) is 18.2. The van der Waals surface area contributed by atoms with Crippen LogP contribution in [0, 0.1) is 11.6 Å². The summed E-state index contributed by atoms with van der Waals surface area (Å²) < 4.78 is 34.2. The monoisotopic (exact) mass is 421 g/mol. The van der Waals surface area contributed by atoms with E-state index in [2.05, 4.69) is 5.32 Å². The second kappa shape index (κ2) is 7.80. The number of hydrogen-bond donors (Lipinski definition) is 2. The molecule has 0 unspecified atom stereocenters. The molecule has 0 radical (unpaired) electrons. The molecule has 29 heavy (non-hydrogen) atoms. The molecule has 0 saturated carbocycles. The fourth-order valence-electron chi connectivity index (χ4n) is 3.86. The third kappa shape index (κ3) is 4.16. The highest BCUT2D eigenvalue weighted by atomic mass is 35.5. The Morgan fingerprint density at radius 1 is 1.14 bits per heavy atom. The number of amides is 1. The summed E-state index contributed by atoms with van der Waals surface area (Å²) in [6.45, 7) is 1.45. The zero-order chi connectivity index (χ0) is 20.6. The standard InChI is InChI=1S/C21H22ClF2N3O2/c22-13-1-4-17(16(24)11-13)27-9-7-21(25,8-10-27)12-29-18-5-3-15(23)20-14(18)2-6-19(28)26-20/h1,3-5,11H,2,6-10,12,25H2,(H,26,28). The summed E-state index contributed by atoms with van der Waals surface area (Å²) in [5.41, 5.74) is 7.32. The summed E-state index contributed by atoms with van der Waals surface area (Å²) in [5, 5.41) is 2.94. The predicted octanol–water partition coefficient (Wildman–Crippen LogP) is 3.88. The molecule has 2 aliphatic heterocycles. The highest BCUT2D eigenvalue weighted by molar-refractivity contribution is 6.30. The van der Waals surface area contributed by atoms with Crippen molar-refractivity contribution in [2.24, 2.45) is 5.73 Å². The number of carbonyl (C=O) groups is 1. The van der Waals surface area contributed by atoms with Gasteiger partial charge in [0.15, 0.2) is 0 Å². The van der Waals surface area contributed by atoms with Crippen LogP contribution < -0.4 is 20.7 Å². The fourth-order valence-corrected chi connectivity index (χ4v) is 4.01. The minimum Gasteiger partial charge on any atom is -0.491 e. The van der Waals surface area contributed by atoms with Crippen molar-refractivity contribution in [1.82, 2.24) is 0 Å². The number of hydrogen-bond acceptors (Lipinski definition) is 4. The topological polar surface area (TPSA) is 67.6 Å². The van der Waals surface area contributed by atoms with Gasteiger partial charge in [0, 0.05) is 30.1 Å². The maximum absolute atomic E-state index is 14.2. The molecule has 0 bridgehead atoms. The Hall–Kier alpha value is -2.38. The number of benzene rings is 2. The van der Waals surface area contributed by atoms with Gasteiger partial charge < -0.3 is 20.7 Å². The smallest absolute Gasteiger partial charge is 0.224 e. The van der Waals surface area contributed by atoms with E-state index in [-0.39, 0.29) is 24.0 Å². The van der Waals surface area contributed by atoms with Gasteiger partial charge in [-0.15, -0.1) is 0 Å². The number of rotatable bonds is 4. The Labute approximate surface area is 172 Å². The van der Waals surface area contributed by atoms with Crippen molar-refractivity contribution in [1.29, 1.82) is 0 Å². The quantitative estimate of drug-likeness (QED) is 0.786. The minimum atomic E-state index is -0.571. The zero-order valence-corrected chi connectivity index (χ0v) is 16.6. The van der Waals surface area contributed by atoms with Crippen molar-refractivity contribution < 1.29 is 18.3 Å². The van der Waals surface area contributed by atoms with E-state index in [0.29, 0.717) is 60.8 Å². The zero-order valence-electron chi connectivity index (χ0n) is 15.8. The number of piperidine rings is 1. The molecule has 4 rings (SSSR count). The molecular formula is C21H22ClF2N3O2. The lowest BCUT2D eigenvalue weighted by Crippen LogP contribution is -2.54. The highest BCUT2D eigenvalue weighted by Gasteiger charge is 2.33. The van der Waals surface area contributed by atoms with Crippen LogP contribution in [0.3, 0.4) is 0 Å². The molecule has 8 heteroatoms. The van der Waals surface area contributed by atoms with E-state index in [4.69, 9.17) is 22.1 Å². The van der Waals surface area contributed by atoms with Gasteiger partial charge in [0.25, 0.3) is 0 Å². The van der Waals surface area contributed by atoms with Crippen LogP contribution in [-0.4, -0.2) is 31.1 Å². The molecule has 0 spiro atoms. The van der Waals surface area contributed by atoms with Crippen LogP contribution in [0.4, 0.5) is 20.2 Å². The summed E-state index contributed by atoms with van der Waals surface area (Å²) in [7, 11) is 0. The first-order valence-corrected chi connectivity index (χ1v) is 9.95. The van der Waals surface area contributed by atoms with Crippen molar-refractivity contribution in [2.45, 2.75) is 31.2 Å². The van der Waals surface area contributed by atoms with Gasteiger partial charge in [0.1, 0.15) is 24.0 Å². The molecule has 154 valence electrons. The molecule has 5 nitrogen and oxygen atoms in total. The van der Waals surface area contributed by atoms with E-state index < -0.39 is 11.4 Å². The third-order valence-electron chi connectivity index (χ3n) is 5.61. The average molecular weight is 422 g/mol. The fraction of sp³-hybridized carbons (Fsp3) is 0.381. The first-order valence-electron chi connectivity index (χ1n) is 9.58. The molecule has 1 amide bonds. The van der Waals surface area contributed by atoms with E-state index >= 15 is 0 Å². The van der Waals surface area contributed by atoms with Crippen molar-refractivity contribution in [3.63, 3.8) is 0 Å². The maximum Gasteiger partial charge on any atom is 0.224 e. The molecule has 2 aromatic carbocycles. The summed E-state index contributed by atoms with van der Waals surface area (Å²) in [4.78, 5) is 13.5. The van der Waals surface area contributed by atoms with Gasteiger partial charge in [-0.3, -0.25) is 4.79 Å². The summed E-state index contributed by atoms with van der Waals surface area (Å²) >= 11 is 5.83. The number of nitrogens with one attached hydrogen (secondary N) is 1. The molecule has 1 fully saturated rings. The Balaban J connectivity index is 1.41. The number of ether oxygens (including phenoxy) is 1. The van der Waals surface area contributed by atoms with Gasteiger partial charge >= 0.3 is 0 Å². The molecule has 0 aliphatic carbocycles. The van der Waals surface area contributed by atoms with Crippen LogP contribution in [0.2, 0.25) is 5.02 Å². The van der Waals surface area contributed by atoms with Gasteiger partial charge in [-0.2, -0.15) is 0 Å². The predicted molar refractivity (Wildman–Crippen MR) is 109 cm³/mol. The van der Waals surface area contributed by atoms with Crippen LogP contribution in [-0.2, 0) is 11.2 Å². The number of anilines is 2. The molecule has 0 aromatic heterocycles. The van der Waals surface area contributed by atoms with Crippen LogP contribution in [0.5, 0.6) is 5.75 Å². The van der Waals surface area contributed by atoms with E-state index in [1.807, 2.05) is 4.90 Å². The van der Waals surface area contributed by atoms with Crippen LogP contribution in [0.25, 0.3) is 0 Å². The SMILES string of the molecule is NC1(COc2ccc(F)c3c2CCC(=O)N3)CCN(c2ccc(Cl)cc2F)CC1. The van der Waals surface area contributed by atoms with Crippen molar-refractivity contribution in [3.8, 4) is 5.75 Å². The first kappa shape index (κ1) is 19.9. The van der Waals surface area contributed by atoms with Crippen LogP contribution in [0.1, 0.15) is 24.8 Å². The van der Waals surface area contributed by atoms with Crippen LogP contribution >= 0.6 is 11.6 Å². The lowest BCUT2D eigenvalue weighted by Gasteiger charge is -2.40. The summed E-state index contributed by atoms with van der Waals surface area (Å²) in [5.74, 6) is -0.484. The number of nitrogens with two attached hydrogens (primary N) is 1. The number of nitrogens with zero attached hydrogens (tertiary/aromatic N) is 1. The van der Waals surface area contributed by atoms with Crippen LogP contribution in [0.15, 0.2) is 30.3 Å². The lowest BCUT2D eigenvalue weighted by molar-refractivity contribution is -0.116. The second-order valence-corrected chi connectivity index (χ2v) is 8.12. The number of carbonyl (C=O) groups excluding carboxylic acids is 1. The molecule has 1 saturated heterocycles. The van der Waals surface area contributed by atoms with Gasteiger partial charge in [0.05, 0.1) is 16.9 Å². The molecular weight excluding hydrogens is 400 g/mol. The largest absolute Gasteiger partial charge is 0.491 e. The number of halogens is 3. The molecule has 3 N–H and O–H groups in total. The van der Waals surface area contributed by atoms with E-state index in [1.54, 1.807) is 18.2 Å². The lowest BCUT2D eigenvalue weighted by atomic mass is 9.89. The Kier molecular flexibility index (Phi) is 5.36. The van der Waals surface area contributed by atoms with E-state index in [9.17, 15) is 13.6 Å². The summed E-state index contributed by atoms with van der Waals surface area (Å²) in [6.07, 6.45) is 1.96. The van der Waals surface area contributed by atoms with Crippen molar-refractivity contribution in [3.05, 3.63) is 52.6 Å². The Morgan fingerprint density at radius 2 is 1.90 bits per heavy atom. The maximum atomic E-state index is 14.2. The van der Waals surface area contributed by atoms with Gasteiger partial charge in [0.2, 0.25) is 5.91 Å². The van der Waals surface area contributed by atoms with Crippen molar-refractivity contribution in [2.75, 3.05) is 29.9 Å². The molecule has 2 aromatic rings. The van der Waals surface area contributed by atoms with E-state index in [0.717, 1.165) is 0 Å². The number of fused-ring (bicyclic) bond motifs is 1. The molecule has 0 atom stereocenters. The Morgan fingerprint density at radius 3 is 2.62 bits per heavy atom. The Bertz CT molecular complexity index is 946. The van der Waals surface area contributed by atoms with Gasteiger partial charge in [-0.25, -0.2) is 8.78 Å². The molecule has 2 heterocycles. The molecule has 2 aliphatic rings. The van der Waals surface area contributed by atoms with Gasteiger partial charge in [-0.1, -0.05) is 11.6 Å². The van der Waals surface area contributed by atoms with Crippen molar-refractivity contribution >= 4 is 28.9 Å². The van der Waals surface area contributed by atoms with E-state index in [1.165, 1.54) is 12.1 Å². The highest BCUT2D eigenvalue weighted by Crippen LogP contribution is 2.35. The first-order chi connectivity index (χ1) is 13.8.